The van der Waals surface area contributed by atoms with Crippen LogP contribution in [0.15, 0.2) is 40.3 Å². The Labute approximate surface area is 86.7 Å². The molecule has 0 radical (unpaired) electrons. The summed E-state index contributed by atoms with van der Waals surface area (Å²) in [6, 6.07) is 9.49. The smallest absolute Gasteiger partial charge is 0.227 e. The van der Waals surface area contributed by atoms with Crippen LogP contribution in [0.3, 0.4) is 0 Å². The first-order valence-corrected chi connectivity index (χ1v) is 4.43. The van der Waals surface area contributed by atoms with Gasteiger partial charge in [0, 0.05) is 5.69 Å². The van der Waals surface area contributed by atoms with Gasteiger partial charge < -0.3 is 11.1 Å². The number of nitrogens with two attached hydrogens (primary N) is 1. The molecule has 78 valence electrons. The van der Waals surface area contributed by atoms with Crippen molar-refractivity contribution in [3.63, 3.8) is 0 Å². The van der Waals surface area contributed by atoms with Crippen LogP contribution in [0.5, 0.6) is 0 Å². The quantitative estimate of drug-likeness (QED) is 0.620. The van der Waals surface area contributed by atoms with Crippen LogP contribution in [-0.4, -0.2) is 28.9 Å². The zero-order valence-electron chi connectivity index (χ0n) is 7.96. The van der Waals surface area contributed by atoms with Gasteiger partial charge in [-0.3, -0.25) is 5.21 Å². The molecule has 0 aromatic heterocycles. The number of hydrogen-bond acceptors (Lipinski definition) is 6. The van der Waals surface area contributed by atoms with Crippen LogP contribution < -0.4 is 11.1 Å². The molecule has 15 heavy (non-hydrogen) atoms. The van der Waals surface area contributed by atoms with E-state index in [9.17, 15) is 0 Å². The summed E-state index contributed by atoms with van der Waals surface area (Å²) in [7, 11) is 0. The van der Waals surface area contributed by atoms with Gasteiger partial charge in [-0.15, -0.1) is 0 Å². The van der Waals surface area contributed by atoms with Crippen molar-refractivity contribution in [1.82, 2.24) is 5.06 Å². The lowest BCUT2D eigenvalue weighted by Gasteiger charge is -2.18. The fourth-order valence-electron chi connectivity index (χ4n) is 1.13. The van der Waals surface area contributed by atoms with E-state index >= 15 is 0 Å². The van der Waals surface area contributed by atoms with Gasteiger partial charge in [0.1, 0.15) is 6.67 Å². The lowest BCUT2D eigenvalue weighted by atomic mass is 10.3. The molecule has 0 aliphatic carbocycles. The highest BCUT2D eigenvalue weighted by Gasteiger charge is 2.11. The maximum atomic E-state index is 9.10. The fraction of sp³-hybridized carbons (Fsp3) is 0.111. The molecule has 6 nitrogen and oxygen atoms in total. The number of hydrogen-bond donors (Lipinski definition) is 3. The molecule has 4 N–H and O–H groups in total. The van der Waals surface area contributed by atoms with Gasteiger partial charge >= 0.3 is 0 Å². The molecule has 1 aromatic carbocycles. The molecule has 6 heteroatoms. The summed E-state index contributed by atoms with van der Waals surface area (Å²) < 4.78 is 0. The van der Waals surface area contributed by atoms with E-state index in [1.54, 1.807) is 0 Å². The van der Waals surface area contributed by atoms with E-state index in [0.717, 1.165) is 10.8 Å². The molecule has 1 aliphatic heterocycles. The first kappa shape index (κ1) is 9.47. The van der Waals surface area contributed by atoms with Crippen molar-refractivity contribution in [3.8, 4) is 0 Å². The van der Waals surface area contributed by atoms with Gasteiger partial charge in [0.2, 0.25) is 11.9 Å². The van der Waals surface area contributed by atoms with Gasteiger partial charge in [0.25, 0.3) is 0 Å². The van der Waals surface area contributed by atoms with Crippen molar-refractivity contribution in [1.29, 1.82) is 0 Å². The lowest BCUT2D eigenvalue weighted by Crippen LogP contribution is -2.39. The number of nitrogens with zero attached hydrogens (tertiary/aromatic N) is 3. The zero-order chi connectivity index (χ0) is 10.7. The van der Waals surface area contributed by atoms with Crippen molar-refractivity contribution >= 4 is 17.6 Å². The van der Waals surface area contributed by atoms with Gasteiger partial charge in [-0.05, 0) is 12.1 Å². The highest BCUT2D eigenvalue weighted by molar-refractivity contribution is 6.02. The fourth-order valence-corrected chi connectivity index (χ4v) is 1.13. The molecule has 0 atom stereocenters. The van der Waals surface area contributed by atoms with Gasteiger partial charge in [0.15, 0.2) is 0 Å². The number of rotatable bonds is 1. The number of para-hydroxylation sites is 1. The van der Waals surface area contributed by atoms with Gasteiger partial charge in [0.05, 0.1) is 0 Å². The van der Waals surface area contributed by atoms with E-state index in [-0.39, 0.29) is 12.6 Å². The maximum Gasteiger partial charge on any atom is 0.227 e. The molecule has 0 amide bonds. The summed E-state index contributed by atoms with van der Waals surface area (Å²) in [4.78, 5) is 7.84. The third-order valence-corrected chi connectivity index (χ3v) is 1.87. The van der Waals surface area contributed by atoms with Crippen LogP contribution >= 0.6 is 0 Å². The second-order valence-electron chi connectivity index (χ2n) is 2.98. The number of nitrogens with one attached hydrogen (secondary N) is 1. The van der Waals surface area contributed by atoms with Crippen LogP contribution in [0.2, 0.25) is 0 Å². The van der Waals surface area contributed by atoms with E-state index in [0.29, 0.717) is 5.96 Å². The Morgan fingerprint density at radius 2 is 2.07 bits per heavy atom. The summed E-state index contributed by atoms with van der Waals surface area (Å²) in [6.45, 7) is 0.0878. The molecular formula is C9H11N5O. The summed E-state index contributed by atoms with van der Waals surface area (Å²) in [6.07, 6.45) is 0. The minimum Gasteiger partial charge on any atom is -0.368 e. The maximum absolute atomic E-state index is 9.10. The second kappa shape index (κ2) is 3.97. The second-order valence-corrected chi connectivity index (χ2v) is 2.98. The number of aliphatic imine (C=N–C) groups is 2. The Bertz CT molecular complexity index is 400. The Kier molecular flexibility index (Phi) is 2.51. The van der Waals surface area contributed by atoms with Gasteiger partial charge in [-0.2, -0.15) is 4.99 Å². The summed E-state index contributed by atoms with van der Waals surface area (Å²) in [5.41, 5.74) is 6.30. The molecule has 0 saturated carbocycles. The van der Waals surface area contributed by atoms with E-state index in [4.69, 9.17) is 10.9 Å². The topological polar surface area (TPSA) is 86.2 Å². The molecule has 0 unspecified atom stereocenters. The van der Waals surface area contributed by atoms with E-state index in [2.05, 4.69) is 15.3 Å². The van der Waals surface area contributed by atoms with Crippen LogP contribution in [0, 0.1) is 0 Å². The largest absolute Gasteiger partial charge is 0.368 e. The molecule has 2 rings (SSSR count). The van der Waals surface area contributed by atoms with Crippen molar-refractivity contribution in [2.24, 2.45) is 15.7 Å². The molecular weight excluding hydrogens is 194 g/mol. The molecule has 1 aromatic rings. The average Bonchev–Trinajstić information content (AvgIpc) is 2.25. The van der Waals surface area contributed by atoms with Crippen molar-refractivity contribution in [2.75, 3.05) is 12.0 Å². The Balaban J connectivity index is 2.09. The van der Waals surface area contributed by atoms with Gasteiger partial charge in [-0.1, -0.05) is 18.2 Å². The number of hydroxylamine groups is 2. The van der Waals surface area contributed by atoms with Crippen molar-refractivity contribution < 1.29 is 5.21 Å². The monoisotopic (exact) mass is 205 g/mol. The van der Waals surface area contributed by atoms with E-state index in [1.165, 1.54) is 0 Å². The minimum atomic E-state index is 0.0310. The van der Waals surface area contributed by atoms with Crippen LogP contribution in [0.4, 0.5) is 5.69 Å². The minimum absolute atomic E-state index is 0.0310. The van der Waals surface area contributed by atoms with Crippen LogP contribution in [-0.2, 0) is 0 Å². The lowest BCUT2D eigenvalue weighted by molar-refractivity contribution is -0.0143. The van der Waals surface area contributed by atoms with E-state index < -0.39 is 0 Å². The normalized spacial score (nSPS) is 15.7. The number of benzene rings is 1. The van der Waals surface area contributed by atoms with Crippen LogP contribution in [0.25, 0.3) is 0 Å². The zero-order valence-corrected chi connectivity index (χ0v) is 7.96. The molecule has 1 aliphatic rings. The SMILES string of the molecule is NC1=NC(Nc2ccccc2)=NCN1O. The average molecular weight is 205 g/mol. The summed E-state index contributed by atoms with van der Waals surface area (Å²) in [5, 5.41) is 12.9. The highest BCUT2D eigenvalue weighted by atomic mass is 16.5. The highest BCUT2D eigenvalue weighted by Crippen LogP contribution is 2.06. The molecule has 0 bridgehead atoms. The Morgan fingerprint density at radius 3 is 2.73 bits per heavy atom. The van der Waals surface area contributed by atoms with Crippen LogP contribution in [0.1, 0.15) is 0 Å². The predicted molar refractivity (Wildman–Crippen MR) is 57.6 cm³/mol. The van der Waals surface area contributed by atoms with Crippen molar-refractivity contribution in [3.05, 3.63) is 30.3 Å². The molecule has 1 heterocycles. The Morgan fingerprint density at radius 1 is 1.33 bits per heavy atom. The third kappa shape index (κ3) is 2.23. The molecule has 0 saturated heterocycles. The number of guanidine groups is 2. The number of anilines is 1. The first-order chi connectivity index (χ1) is 7.25. The molecule has 0 fully saturated rings. The molecule has 0 spiro atoms. The standard InChI is InChI=1S/C9H11N5O/c10-8-13-9(11-6-14(8)15)12-7-4-2-1-3-5-7/h1-5,15H,6H2,(H3,10,11,12,13). The third-order valence-electron chi connectivity index (χ3n) is 1.87. The summed E-state index contributed by atoms with van der Waals surface area (Å²) in [5.74, 6) is 0.424. The van der Waals surface area contributed by atoms with Crippen molar-refractivity contribution in [2.45, 2.75) is 0 Å². The Hall–Kier alpha value is -2.08. The summed E-state index contributed by atoms with van der Waals surface area (Å²) >= 11 is 0. The van der Waals surface area contributed by atoms with Gasteiger partial charge in [-0.25, -0.2) is 10.1 Å². The predicted octanol–water partition coefficient (Wildman–Crippen LogP) is 0.431. The van der Waals surface area contributed by atoms with E-state index in [1.807, 2.05) is 30.3 Å². The first-order valence-electron chi connectivity index (χ1n) is 4.43.